The zero-order chi connectivity index (χ0) is 17.6. The maximum absolute atomic E-state index is 13.6. The van der Waals surface area contributed by atoms with Gasteiger partial charge in [0, 0.05) is 39.3 Å². The molecule has 1 fully saturated rings. The van der Waals surface area contributed by atoms with Crippen LogP contribution in [0.3, 0.4) is 0 Å². The number of piperazine rings is 1. The first-order valence-corrected chi connectivity index (χ1v) is 9.04. The van der Waals surface area contributed by atoms with E-state index in [4.69, 9.17) is 0 Å². The maximum Gasteiger partial charge on any atom is 0.126 e. The normalized spacial score (nSPS) is 17.6. The van der Waals surface area contributed by atoms with Crippen molar-refractivity contribution in [1.29, 1.82) is 0 Å². The van der Waals surface area contributed by atoms with Crippen LogP contribution in [0.4, 0.5) is 4.39 Å². The first-order chi connectivity index (χ1) is 12.1. The molecule has 1 N–H and O–H groups in total. The molecule has 3 rings (SSSR count). The lowest BCUT2D eigenvalue weighted by atomic mass is 10.0. The van der Waals surface area contributed by atoms with Crippen molar-refractivity contribution in [3.8, 4) is 0 Å². The van der Waals surface area contributed by atoms with E-state index in [1.54, 1.807) is 13.0 Å². The van der Waals surface area contributed by atoms with Gasteiger partial charge in [-0.2, -0.15) is 0 Å². The minimum Gasteiger partial charge on any atom is -0.388 e. The summed E-state index contributed by atoms with van der Waals surface area (Å²) < 4.78 is 13.6. The predicted molar refractivity (Wildman–Crippen MR) is 98.9 cm³/mol. The highest BCUT2D eigenvalue weighted by molar-refractivity contribution is 5.24. The highest BCUT2D eigenvalue weighted by atomic mass is 19.1. The van der Waals surface area contributed by atoms with Gasteiger partial charge in [0.15, 0.2) is 0 Å². The molecule has 1 atom stereocenters. The van der Waals surface area contributed by atoms with E-state index in [0.29, 0.717) is 17.5 Å². The van der Waals surface area contributed by atoms with E-state index in [1.807, 2.05) is 12.1 Å². The molecule has 1 aliphatic rings. The van der Waals surface area contributed by atoms with Crippen LogP contribution < -0.4 is 0 Å². The third-order valence-corrected chi connectivity index (χ3v) is 5.01. The Morgan fingerprint density at radius 3 is 2.36 bits per heavy atom. The van der Waals surface area contributed by atoms with E-state index in [1.165, 1.54) is 11.6 Å². The standard InChI is InChI=1S/C21H27FN2O/c1-17-7-8-19(15-20(17)22)21(25)9-10-23-11-13-24(14-12-23)16-18-5-3-2-4-6-18/h2-8,15,21,25H,9-14,16H2,1H3. The van der Waals surface area contributed by atoms with Gasteiger partial charge < -0.3 is 10.0 Å². The molecule has 0 spiro atoms. The average molecular weight is 342 g/mol. The molecule has 2 aromatic rings. The van der Waals surface area contributed by atoms with Crippen molar-refractivity contribution in [2.75, 3.05) is 32.7 Å². The lowest BCUT2D eigenvalue weighted by molar-refractivity contribution is 0.0992. The van der Waals surface area contributed by atoms with Crippen LogP contribution in [-0.4, -0.2) is 47.6 Å². The van der Waals surface area contributed by atoms with Crippen molar-refractivity contribution in [2.45, 2.75) is 26.0 Å². The lowest BCUT2D eigenvalue weighted by Crippen LogP contribution is -2.46. The number of hydrogen-bond donors (Lipinski definition) is 1. The number of aliphatic hydroxyl groups is 1. The Hall–Kier alpha value is -1.75. The lowest BCUT2D eigenvalue weighted by Gasteiger charge is -2.35. The van der Waals surface area contributed by atoms with Crippen LogP contribution in [0.25, 0.3) is 0 Å². The Balaban J connectivity index is 1.42. The molecule has 1 aliphatic heterocycles. The molecule has 4 heteroatoms. The van der Waals surface area contributed by atoms with Crippen LogP contribution in [0.2, 0.25) is 0 Å². The molecule has 0 aliphatic carbocycles. The SMILES string of the molecule is Cc1ccc(C(O)CCN2CCN(Cc3ccccc3)CC2)cc1F. The Bertz CT molecular complexity index is 669. The second-order valence-electron chi connectivity index (χ2n) is 6.92. The van der Waals surface area contributed by atoms with Crippen molar-refractivity contribution < 1.29 is 9.50 Å². The minimum atomic E-state index is -0.600. The first kappa shape index (κ1) is 18.1. The second kappa shape index (κ2) is 8.56. The number of benzene rings is 2. The van der Waals surface area contributed by atoms with Gasteiger partial charge in [-0.25, -0.2) is 4.39 Å². The summed E-state index contributed by atoms with van der Waals surface area (Å²) in [6, 6.07) is 15.6. The van der Waals surface area contributed by atoms with E-state index in [0.717, 1.165) is 39.3 Å². The number of nitrogens with zero attached hydrogens (tertiary/aromatic N) is 2. The smallest absolute Gasteiger partial charge is 0.126 e. The third kappa shape index (κ3) is 5.11. The van der Waals surface area contributed by atoms with Crippen LogP contribution in [0.5, 0.6) is 0 Å². The minimum absolute atomic E-state index is 0.244. The van der Waals surface area contributed by atoms with Crippen molar-refractivity contribution in [3.05, 3.63) is 71.0 Å². The summed E-state index contributed by atoms with van der Waals surface area (Å²) in [5, 5.41) is 10.3. The summed E-state index contributed by atoms with van der Waals surface area (Å²) in [7, 11) is 0. The van der Waals surface area contributed by atoms with Crippen molar-refractivity contribution in [2.24, 2.45) is 0 Å². The van der Waals surface area contributed by atoms with E-state index >= 15 is 0 Å². The summed E-state index contributed by atoms with van der Waals surface area (Å²) in [5.41, 5.74) is 2.64. The summed E-state index contributed by atoms with van der Waals surface area (Å²) in [5.74, 6) is -0.244. The molecular weight excluding hydrogens is 315 g/mol. The van der Waals surface area contributed by atoms with E-state index in [2.05, 4.69) is 34.1 Å². The molecule has 134 valence electrons. The number of halogens is 1. The Morgan fingerprint density at radius 1 is 1.00 bits per heavy atom. The Kier molecular flexibility index (Phi) is 6.19. The monoisotopic (exact) mass is 342 g/mol. The van der Waals surface area contributed by atoms with Crippen LogP contribution in [0, 0.1) is 12.7 Å². The van der Waals surface area contributed by atoms with Gasteiger partial charge in [0.1, 0.15) is 5.82 Å². The van der Waals surface area contributed by atoms with Crippen LogP contribution >= 0.6 is 0 Å². The number of rotatable bonds is 6. The summed E-state index contributed by atoms with van der Waals surface area (Å²) in [4.78, 5) is 4.85. The van der Waals surface area contributed by atoms with Gasteiger partial charge in [-0.1, -0.05) is 42.5 Å². The number of hydrogen-bond acceptors (Lipinski definition) is 3. The van der Waals surface area contributed by atoms with Crippen LogP contribution in [0.1, 0.15) is 29.2 Å². The highest BCUT2D eigenvalue weighted by Gasteiger charge is 2.18. The fourth-order valence-corrected chi connectivity index (χ4v) is 3.30. The molecule has 0 aromatic heterocycles. The molecule has 0 amide bonds. The van der Waals surface area contributed by atoms with Gasteiger partial charge in [-0.15, -0.1) is 0 Å². The van der Waals surface area contributed by atoms with Crippen molar-refractivity contribution in [3.63, 3.8) is 0 Å². The van der Waals surface area contributed by atoms with Crippen molar-refractivity contribution in [1.82, 2.24) is 9.80 Å². The fourth-order valence-electron chi connectivity index (χ4n) is 3.30. The third-order valence-electron chi connectivity index (χ3n) is 5.01. The largest absolute Gasteiger partial charge is 0.388 e. The molecule has 3 nitrogen and oxygen atoms in total. The van der Waals surface area contributed by atoms with E-state index in [-0.39, 0.29) is 5.82 Å². The predicted octanol–water partition coefficient (Wildman–Crippen LogP) is 3.38. The second-order valence-corrected chi connectivity index (χ2v) is 6.92. The van der Waals surface area contributed by atoms with Gasteiger partial charge >= 0.3 is 0 Å². The molecule has 2 aromatic carbocycles. The van der Waals surface area contributed by atoms with Gasteiger partial charge in [-0.05, 0) is 36.1 Å². The Labute approximate surface area is 149 Å². The molecule has 1 heterocycles. The van der Waals surface area contributed by atoms with Gasteiger partial charge in [-0.3, -0.25) is 4.90 Å². The number of aryl methyl sites for hydroxylation is 1. The highest BCUT2D eigenvalue weighted by Crippen LogP contribution is 2.20. The molecule has 25 heavy (non-hydrogen) atoms. The molecule has 0 bridgehead atoms. The Morgan fingerprint density at radius 2 is 1.68 bits per heavy atom. The fraction of sp³-hybridized carbons (Fsp3) is 0.429. The average Bonchev–Trinajstić information content (AvgIpc) is 2.64. The van der Waals surface area contributed by atoms with Crippen molar-refractivity contribution >= 4 is 0 Å². The molecule has 0 saturated carbocycles. The zero-order valence-corrected chi connectivity index (χ0v) is 14.9. The number of aliphatic hydroxyl groups excluding tert-OH is 1. The molecule has 1 unspecified atom stereocenters. The quantitative estimate of drug-likeness (QED) is 0.872. The van der Waals surface area contributed by atoms with Gasteiger partial charge in [0.25, 0.3) is 0 Å². The zero-order valence-electron chi connectivity index (χ0n) is 14.9. The molecule has 1 saturated heterocycles. The topological polar surface area (TPSA) is 26.7 Å². The van der Waals surface area contributed by atoms with Gasteiger partial charge in [0.05, 0.1) is 6.10 Å². The molecular formula is C21H27FN2O. The summed E-state index contributed by atoms with van der Waals surface area (Å²) >= 11 is 0. The maximum atomic E-state index is 13.6. The van der Waals surface area contributed by atoms with Crippen LogP contribution in [-0.2, 0) is 6.54 Å². The summed E-state index contributed by atoms with van der Waals surface area (Å²) in [6.45, 7) is 7.70. The van der Waals surface area contributed by atoms with E-state index in [9.17, 15) is 9.50 Å². The first-order valence-electron chi connectivity index (χ1n) is 9.04. The molecule has 0 radical (unpaired) electrons. The van der Waals surface area contributed by atoms with E-state index < -0.39 is 6.10 Å². The summed E-state index contributed by atoms with van der Waals surface area (Å²) in [6.07, 6.45) is 0.0405. The van der Waals surface area contributed by atoms with Gasteiger partial charge in [0.2, 0.25) is 0 Å². The van der Waals surface area contributed by atoms with Crippen LogP contribution in [0.15, 0.2) is 48.5 Å².